The van der Waals surface area contributed by atoms with Crippen molar-refractivity contribution in [3.05, 3.63) is 33.3 Å². The van der Waals surface area contributed by atoms with Crippen LogP contribution in [0.5, 0.6) is 0 Å². The lowest BCUT2D eigenvalue weighted by molar-refractivity contribution is -0.138. The summed E-state index contributed by atoms with van der Waals surface area (Å²) in [6.07, 6.45) is 0.622. The van der Waals surface area contributed by atoms with Gasteiger partial charge in [0.15, 0.2) is 0 Å². The summed E-state index contributed by atoms with van der Waals surface area (Å²) in [6, 6.07) is 3.94. The molecule has 0 saturated heterocycles. The maximum absolute atomic E-state index is 11.1. The molecule has 0 fully saturated rings. The summed E-state index contributed by atoms with van der Waals surface area (Å²) in [5.41, 5.74) is 3.03. The molecule has 0 aromatic heterocycles. The fourth-order valence-electron chi connectivity index (χ4n) is 1.71. The molecular formula is C12H15BrO2. The highest BCUT2D eigenvalue weighted by molar-refractivity contribution is 9.10. The fourth-order valence-corrected chi connectivity index (χ4v) is 2.16. The van der Waals surface area contributed by atoms with E-state index in [0.717, 1.165) is 21.2 Å². The molecule has 15 heavy (non-hydrogen) atoms. The third-order valence-corrected chi connectivity index (χ3v) is 3.48. The number of carbonyl (C=O) groups is 1. The van der Waals surface area contributed by atoms with Gasteiger partial charge in [-0.1, -0.05) is 28.9 Å². The summed E-state index contributed by atoms with van der Waals surface area (Å²) in [4.78, 5) is 11.1. The van der Waals surface area contributed by atoms with Crippen LogP contribution in [-0.2, 0) is 4.79 Å². The zero-order chi connectivity index (χ0) is 11.6. The molecule has 1 unspecified atom stereocenters. The van der Waals surface area contributed by atoms with Crippen LogP contribution in [0.15, 0.2) is 16.6 Å². The van der Waals surface area contributed by atoms with Gasteiger partial charge in [0.2, 0.25) is 0 Å². The second-order valence-corrected chi connectivity index (χ2v) is 4.61. The molecule has 0 aliphatic rings. The Bertz CT molecular complexity index is 385. The van der Waals surface area contributed by atoms with Crippen molar-refractivity contribution in [1.82, 2.24) is 0 Å². The van der Waals surface area contributed by atoms with E-state index < -0.39 is 11.9 Å². The lowest BCUT2D eigenvalue weighted by Crippen LogP contribution is -2.12. The summed E-state index contributed by atoms with van der Waals surface area (Å²) in [5, 5.41) is 9.10. The summed E-state index contributed by atoms with van der Waals surface area (Å²) in [5.74, 6) is -1.14. The SMILES string of the molecule is CCC(C(=O)O)c1cc(C)c(Br)cc1C. The summed E-state index contributed by atoms with van der Waals surface area (Å²) in [6.45, 7) is 5.82. The van der Waals surface area contributed by atoms with Gasteiger partial charge in [-0.15, -0.1) is 0 Å². The van der Waals surface area contributed by atoms with Crippen LogP contribution >= 0.6 is 15.9 Å². The minimum atomic E-state index is -0.748. The normalized spacial score (nSPS) is 12.5. The number of carboxylic acids is 1. The number of hydrogen-bond donors (Lipinski definition) is 1. The summed E-state index contributed by atoms with van der Waals surface area (Å²) >= 11 is 3.44. The quantitative estimate of drug-likeness (QED) is 0.911. The van der Waals surface area contributed by atoms with E-state index in [-0.39, 0.29) is 0 Å². The molecule has 1 aromatic carbocycles. The van der Waals surface area contributed by atoms with Crippen molar-refractivity contribution in [1.29, 1.82) is 0 Å². The first-order valence-electron chi connectivity index (χ1n) is 4.96. The number of rotatable bonds is 3. The topological polar surface area (TPSA) is 37.3 Å². The molecular weight excluding hydrogens is 256 g/mol. The number of carboxylic acid groups (broad SMARTS) is 1. The molecule has 2 nitrogen and oxygen atoms in total. The van der Waals surface area contributed by atoms with E-state index in [9.17, 15) is 4.79 Å². The standard InChI is InChI=1S/C12H15BrO2/c1-4-9(12(14)15)10-5-8(3)11(13)6-7(10)2/h5-6,9H,4H2,1-3H3,(H,14,15). The molecule has 0 saturated carbocycles. The van der Waals surface area contributed by atoms with Crippen molar-refractivity contribution in [2.75, 3.05) is 0 Å². The molecule has 1 atom stereocenters. The van der Waals surface area contributed by atoms with Gasteiger partial charge in [0, 0.05) is 4.47 Å². The molecule has 0 amide bonds. The Labute approximate surface area is 98.4 Å². The van der Waals surface area contributed by atoms with E-state index in [4.69, 9.17) is 5.11 Å². The molecule has 0 spiro atoms. The maximum Gasteiger partial charge on any atom is 0.310 e. The predicted molar refractivity (Wildman–Crippen MR) is 64.3 cm³/mol. The maximum atomic E-state index is 11.1. The van der Waals surface area contributed by atoms with Gasteiger partial charge in [-0.05, 0) is 43.0 Å². The average molecular weight is 271 g/mol. The van der Waals surface area contributed by atoms with Gasteiger partial charge in [0.1, 0.15) is 0 Å². The van der Waals surface area contributed by atoms with Crippen LogP contribution in [0.25, 0.3) is 0 Å². The van der Waals surface area contributed by atoms with Crippen molar-refractivity contribution in [3.8, 4) is 0 Å². The smallest absolute Gasteiger partial charge is 0.310 e. The number of aliphatic carboxylic acids is 1. The number of hydrogen-bond acceptors (Lipinski definition) is 1. The van der Waals surface area contributed by atoms with Crippen LogP contribution in [0.1, 0.15) is 36.0 Å². The molecule has 0 heterocycles. The van der Waals surface area contributed by atoms with Crippen LogP contribution in [0.4, 0.5) is 0 Å². The molecule has 0 radical (unpaired) electrons. The van der Waals surface area contributed by atoms with Crippen LogP contribution in [0.2, 0.25) is 0 Å². The van der Waals surface area contributed by atoms with Crippen molar-refractivity contribution >= 4 is 21.9 Å². The lowest BCUT2D eigenvalue weighted by Gasteiger charge is -2.15. The van der Waals surface area contributed by atoms with Crippen molar-refractivity contribution in [2.24, 2.45) is 0 Å². The molecule has 0 aliphatic heterocycles. The van der Waals surface area contributed by atoms with E-state index in [1.165, 1.54) is 0 Å². The molecule has 0 bridgehead atoms. The summed E-state index contributed by atoms with van der Waals surface area (Å²) in [7, 11) is 0. The first-order chi connectivity index (χ1) is 6.97. The van der Waals surface area contributed by atoms with Gasteiger partial charge in [-0.25, -0.2) is 0 Å². The van der Waals surface area contributed by atoms with Crippen LogP contribution in [0, 0.1) is 13.8 Å². The third-order valence-electron chi connectivity index (χ3n) is 2.63. The van der Waals surface area contributed by atoms with Gasteiger partial charge in [0.05, 0.1) is 5.92 Å². The highest BCUT2D eigenvalue weighted by atomic mass is 79.9. The minimum Gasteiger partial charge on any atom is -0.481 e. The Kier molecular flexibility index (Phi) is 3.91. The van der Waals surface area contributed by atoms with Crippen LogP contribution < -0.4 is 0 Å². The molecule has 3 heteroatoms. The van der Waals surface area contributed by atoms with E-state index in [1.807, 2.05) is 32.9 Å². The van der Waals surface area contributed by atoms with E-state index in [1.54, 1.807) is 0 Å². The molecule has 1 rings (SSSR count). The van der Waals surface area contributed by atoms with Gasteiger partial charge in [0.25, 0.3) is 0 Å². The second kappa shape index (κ2) is 4.79. The van der Waals surface area contributed by atoms with Crippen molar-refractivity contribution in [2.45, 2.75) is 33.1 Å². The first kappa shape index (κ1) is 12.2. The Hall–Kier alpha value is -0.830. The molecule has 0 aliphatic carbocycles. The van der Waals surface area contributed by atoms with Crippen LogP contribution in [-0.4, -0.2) is 11.1 Å². The lowest BCUT2D eigenvalue weighted by atomic mass is 9.91. The molecule has 1 N–H and O–H groups in total. The van der Waals surface area contributed by atoms with Gasteiger partial charge < -0.3 is 5.11 Å². The number of aryl methyl sites for hydroxylation is 2. The third kappa shape index (κ3) is 2.59. The van der Waals surface area contributed by atoms with Gasteiger partial charge in [-0.2, -0.15) is 0 Å². The van der Waals surface area contributed by atoms with Crippen LogP contribution in [0.3, 0.4) is 0 Å². The largest absolute Gasteiger partial charge is 0.481 e. The Morgan fingerprint density at radius 3 is 2.47 bits per heavy atom. The zero-order valence-corrected chi connectivity index (χ0v) is 10.8. The van der Waals surface area contributed by atoms with Crippen molar-refractivity contribution in [3.63, 3.8) is 0 Å². The average Bonchev–Trinajstić information content (AvgIpc) is 2.14. The monoisotopic (exact) mass is 270 g/mol. The van der Waals surface area contributed by atoms with Gasteiger partial charge in [-0.3, -0.25) is 4.79 Å². The highest BCUT2D eigenvalue weighted by Crippen LogP contribution is 2.28. The molecule has 1 aromatic rings. The minimum absolute atomic E-state index is 0.392. The number of benzene rings is 1. The molecule has 82 valence electrons. The zero-order valence-electron chi connectivity index (χ0n) is 9.17. The Balaban J connectivity index is 3.24. The van der Waals surface area contributed by atoms with Crippen molar-refractivity contribution < 1.29 is 9.90 Å². The predicted octanol–water partition coefficient (Wildman–Crippen LogP) is 3.64. The van der Waals surface area contributed by atoms with E-state index in [2.05, 4.69) is 15.9 Å². The Morgan fingerprint density at radius 2 is 2.00 bits per heavy atom. The Morgan fingerprint density at radius 1 is 1.40 bits per heavy atom. The fraction of sp³-hybridized carbons (Fsp3) is 0.417. The van der Waals surface area contributed by atoms with Gasteiger partial charge >= 0.3 is 5.97 Å². The van der Waals surface area contributed by atoms with E-state index in [0.29, 0.717) is 6.42 Å². The number of halogens is 1. The van der Waals surface area contributed by atoms with E-state index >= 15 is 0 Å². The second-order valence-electron chi connectivity index (χ2n) is 3.76. The first-order valence-corrected chi connectivity index (χ1v) is 5.76. The highest BCUT2D eigenvalue weighted by Gasteiger charge is 2.19. The summed E-state index contributed by atoms with van der Waals surface area (Å²) < 4.78 is 1.03.